The van der Waals surface area contributed by atoms with Gasteiger partial charge in [0.05, 0.1) is 9.79 Å². The number of nitrogens with zero attached hydrogens (tertiary/aromatic N) is 3. The maximum Gasteiger partial charge on any atom is 0.244 e. The van der Waals surface area contributed by atoms with Crippen molar-refractivity contribution in [3.05, 3.63) is 89.5 Å². The number of fused-ring (bicyclic) bond motifs is 1. The zero-order chi connectivity index (χ0) is 32.0. The van der Waals surface area contributed by atoms with Crippen molar-refractivity contribution in [3.63, 3.8) is 0 Å². The average molecular weight is 665 g/mol. The molecule has 0 radical (unpaired) electrons. The summed E-state index contributed by atoms with van der Waals surface area (Å²) in [4.78, 5) is 13.5. The van der Waals surface area contributed by atoms with Crippen LogP contribution in [0.25, 0.3) is 10.8 Å². The zero-order valence-corrected chi connectivity index (χ0v) is 25.8. The Hall–Kier alpha value is -3.82. The number of carbonyl (C=O) groups is 1. The van der Waals surface area contributed by atoms with E-state index >= 15 is 0 Å². The van der Waals surface area contributed by atoms with E-state index in [1.165, 1.54) is 30.3 Å². The van der Waals surface area contributed by atoms with Crippen LogP contribution in [0.3, 0.4) is 0 Å². The predicted molar refractivity (Wildman–Crippen MR) is 162 cm³/mol. The van der Waals surface area contributed by atoms with Crippen LogP contribution < -0.4 is 15.4 Å². The third-order valence-electron chi connectivity index (χ3n) is 7.19. The first kappa shape index (κ1) is 31.6. The van der Waals surface area contributed by atoms with Crippen LogP contribution in [0.1, 0.15) is 0 Å². The van der Waals surface area contributed by atoms with Gasteiger partial charge in [-0.25, -0.2) is 25.6 Å². The molecule has 232 valence electrons. The quantitative estimate of drug-likeness (QED) is 0.299. The zero-order valence-electron chi connectivity index (χ0n) is 23.4. The number of primary amides is 1. The van der Waals surface area contributed by atoms with Gasteiger partial charge in [0.15, 0.2) is 17.4 Å². The second-order valence-corrected chi connectivity index (χ2v) is 14.4. The van der Waals surface area contributed by atoms with Crippen molar-refractivity contribution >= 4 is 54.0 Å². The van der Waals surface area contributed by atoms with Crippen molar-refractivity contribution < 1.29 is 35.1 Å². The molecule has 4 aromatic rings. The van der Waals surface area contributed by atoms with E-state index in [2.05, 4.69) is 0 Å². The van der Waals surface area contributed by atoms with Crippen molar-refractivity contribution in [2.45, 2.75) is 15.8 Å². The molecule has 2 N–H and O–H groups in total. The van der Waals surface area contributed by atoms with Crippen LogP contribution in [0, 0.1) is 11.6 Å². The van der Waals surface area contributed by atoms with Gasteiger partial charge in [-0.3, -0.25) is 4.79 Å². The lowest BCUT2D eigenvalue weighted by Gasteiger charge is -2.38. The van der Waals surface area contributed by atoms with Gasteiger partial charge in [0, 0.05) is 55.2 Å². The molecular weight excluding hydrogens is 638 g/mol. The highest BCUT2D eigenvalue weighted by Crippen LogP contribution is 2.35. The fraction of sp³-hybridized carbons (Fsp3) is 0.207. The Labute approximate surface area is 258 Å². The first-order valence-electron chi connectivity index (χ1n) is 13.1. The van der Waals surface area contributed by atoms with E-state index < -0.39 is 67.4 Å². The molecule has 5 rings (SSSR count). The molecule has 1 fully saturated rings. The molecule has 0 unspecified atom stereocenters. The third kappa shape index (κ3) is 5.83. The number of piperazine rings is 1. The van der Waals surface area contributed by atoms with Crippen LogP contribution in [-0.2, 0) is 24.8 Å². The van der Waals surface area contributed by atoms with Gasteiger partial charge in [0.1, 0.15) is 11.8 Å². The average Bonchev–Trinajstić information content (AvgIpc) is 2.98. The smallest absolute Gasteiger partial charge is 0.244 e. The van der Waals surface area contributed by atoms with Crippen molar-refractivity contribution in [2.75, 3.05) is 38.6 Å². The van der Waals surface area contributed by atoms with E-state index in [-0.39, 0.29) is 17.2 Å². The number of hydrogen-bond donors (Lipinski definition) is 1. The third-order valence-corrected chi connectivity index (χ3v) is 11.3. The van der Waals surface area contributed by atoms with Gasteiger partial charge in [-0.2, -0.15) is 8.61 Å². The molecule has 1 heterocycles. The molecule has 0 aliphatic carbocycles. The number of hydrogen-bond acceptors (Lipinski definition) is 7. The van der Waals surface area contributed by atoms with Crippen LogP contribution >= 0.6 is 11.6 Å². The van der Waals surface area contributed by atoms with Crippen molar-refractivity contribution in [3.8, 4) is 11.5 Å². The maximum atomic E-state index is 15.0. The summed E-state index contributed by atoms with van der Waals surface area (Å²) in [5.41, 5.74) is 6.34. The lowest BCUT2D eigenvalue weighted by molar-refractivity contribution is -0.122. The van der Waals surface area contributed by atoms with E-state index in [1.807, 2.05) is 25.1 Å². The van der Waals surface area contributed by atoms with Gasteiger partial charge in [-0.15, -0.1) is 0 Å². The molecule has 1 aliphatic rings. The van der Waals surface area contributed by atoms with Gasteiger partial charge < -0.3 is 15.4 Å². The van der Waals surface area contributed by atoms with Crippen LogP contribution in [0.5, 0.6) is 11.5 Å². The Morgan fingerprint density at radius 2 is 1.52 bits per heavy atom. The number of rotatable bonds is 8. The van der Waals surface area contributed by atoms with Crippen LogP contribution in [0.4, 0.5) is 14.5 Å². The van der Waals surface area contributed by atoms with Gasteiger partial charge in [0.2, 0.25) is 26.0 Å². The summed E-state index contributed by atoms with van der Waals surface area (Å²) in [5.74, 6) is -4.56. The Morgan fingerprint density at radius 3 is 2.14 bits per heavy atom. The SMILES string of the molecule is CN(C)c1cccc2c(S(=O)(=O)N3CCN(S(=O)(=O)c4cc(F)c(Oc5ccc(Cl)cc5)c(F)c4)[C@@H](C(N)=O)C3)cccc12. The number of benzene rings is 4. The number of amides is 1. The normalized spacial score (nSPS) is 16.6. The second kappa shape index (κ2) is 11.9. The van der Waals surface area contributed by atoms with Crippen LogP contribution in [0.2, 0.25) is 5.02 Å². The summed E-state index contributed by atoms with van der Waals surface area (Å²) in [5, 5.41) is 1.49. The first-order chi connectivity index (χ1) is 20.7. The number of nitrogens with two attached hydrogens (primary N) is 1. The molecule has 1 amide bonds. The molecule has 0 bridgehead atoms. The maximum absolute atomic E-state index is 15.0. The van der Waals surface area contributed by atoms with E-state index in [4.69, 9.17) is 22.1 Å². The van der Waals surface area contributed by atoms with Crippen molar-refractivity contribution in [2.24, 2.45) is 5.73 Å². The topological polar surface area (TPSA) is 130 Å². The Bertz CT molecular complexity index is 1950. The van der Waals surface area contributed by atoms with Crippen LogP contribution in [0.15, 0.2) is 82.6 Å². The second-order valence-electron chi connectivity index (χ2n) is 10.2. The summed E-state index contributed by atoms with van der Waals surface area (Å²) >= 11 is 5.81. The summed E-state index contributed by atoms with van der Waals surface area (Å²) in [7, 11) is -5.32. The van der Waals surface area contributed by atoms with Gasteiger partial charge in [0.25, 0.3) is 0 Å². The van der Waals surface area contributed by atoms with E-state index in [0.717, 1.165) is 9.99 Å². The Kier molecular flexibility index (Phi) is 8.57. The Morgan fingerprint density at radius 1 is 0.909 bits per heavy atom. The molecule has 10 nitrogen and oxygen atoms in total. The lowest BCUT2D eigenvalue weighted by Crippen LogP contribution is -2.60. The summed E-state index contributed by atoms with van der Waals surface area (Å²) in [6.07, 6.45) is 0. The van der Waals surface area contributed by atoms with Crippen molar-refractivity contribution in [1.29, 1.82) is 0 Å². The van der Waals surface area contributed by atoms with E-state index in [0.29, 0.717) is 32.2 Å². The number of ether oxygens (including phenoxy) is 1. The standard InChI is InChI=1S/C29H27ClF2N4O6S2/c1-34(2)25-7-3-6-22-21(25)5-4-8-27(22)44(40,41)35-13-14-36(26(17-35)29(33)37)43(38,39)20-15-23(31)28(24(32)16-20)42-19-11-9-18(30)10-12-19/h3-12,15-16,26H,13-14,17H2,1-2H3,(H2,33,37)/t26-/m1/s1. The first-order valence-corrected chi connectivity index (χ1v) is 16.4. The van der Waals surface area contributed by atoms with Gasteiger partial charge in [-0.05, 0) is 48.5 Å². The molecule has 0 aromatic heterocycles. The molecule has 1 atom stereocenters. The summed E-state index contributed by atoms with van der Waals surface area (Å²) in [6, 6.07) is 15.1. The molecule has 1 saturated heterocycles. The van der Waals surface area contributed by atoms with E-state index in [1.54, 1.807) is 24.3 Å². The predicted octanol–water partition coefficient (Wildman–Crippen LogP) is 4.18. The summed E-state index contributed by atoms with van der Waals surface area (Å²) < 4.78 is 91.7. The number of anilines is 1. The highest BCUT2D eigenvalue weighted by molar-refractivity contribution is 7.89. The molecule has 0 spiro atoms. The number of halogens is 3. The van der Waals surface area contributed by atoms with Gasteiger partial charge >= 0.3 is 0 Å². The number of sulfonamides is 2. The molecule has 4 aromatic carbocycles. The summed E-state index contributed by atoms with van der Waals surface area (Å²) in [6.45, 7) is -1.46. The Balaban J connectivity index is 1.45. The molecule has 15 heteroatoms. The minimum atomic E-state index is -4.73. The fourth-order valence-electron chi connectivity index (χ4n) is 5.04. The van der Waals surface area contributed by atoms with Gasteiger partial charge in [-0.1, -0.05) is 35.9 Å². The minimum absolute atomic E-state index is 0.0290. The fourth-order valence-corrected chi connectivity index (χ4v) is 8.41. The number of carbonyl (C=O) groups excluding carboxylic acids is 1. The molecule has 44 heavy (non-hydrogen) atoms. The lowest BCUT2D eigenvalue weighted by atomic mass is 10.1. The molecule has 0 saturated carbocycles. The highest BCUT2D eigenvalue weighted by Gasteiger charge is 2.43. The van der Waals surface area contributed by atoms with Crippen molar-refractivity contribution in [1.82, 2.24) is 8.61 Å². The molecule has 1 aliphatic heterocycles. The highest BCUT2D eigenvalue weighted by atomic mass is 35.5. The molecular formula is C29H27ClF2N4O6S2. The minimum Gasteiger partial charge on any atom is -0.451 e. The monoisotopic (exact) mass is 664 g/mol. The van der Waals surface area contributed by atoms with Crippen LogP contribution in [-0.4, -0.2) is 71.1 Å². The van der Waals surface area contributed by atoms with E-state index in [9.17, 15) is 30.4 Å². The largest absolute Gasteiger partial charge is 0.451 e.